The largest absolute Gasteiger partial charge is 0.381 e. The Morgan fingerprint density at radius 1 is 1.28 bits per heavy atom. The minimum Gasteiger partial charge on any atom is -0.381 e. The van der Waals surface area contributed by atoms with Crippen LogP contribution in [0.5, 0.6) is 0 Å². The molecule has 2 fully saturated rings. The monoisotopic (exact) mass is 362 g/mol. The molecule has 2 aromatic heterocycles. The van der Waals surface area contributed by atoms with E-state index in [2.05, 4.69) is 33.2 Å². The maximum absolute atomic E-state index is 5.66. The van der Waals surface area contributed by atoms with E-state index in [9.17, 15) is 0 Å². The molecule has 0 aliphatic carbocycles. The Bertz CT molecular complexity index is 695. The number of fused-ring (bicyclic) bond motifs is 1. The third kappa shape index (κ3) is 3.79. The first kappa shape index (κ1) is 17.1. The number of nitrogens with zero attached hydrogens (tertiary/aromatic N) is 3. The lowest BCUT2D eigenvalue weighted by molar-refractivity contribution is 0.00460. The molecule has 0 radical (unpaired) electrons. The van der Waals surface area contributed by atoms with E-state index in [0.717, 1.165) is 74.9 Å². The highest BCUT2D eigenvalue weighted by molar-refractivity contribution is 7.18. The fourth-order valence-corrected chi connectivity index (χ4v) is 4.72. The fourth-order valence-electron chi connectivity index (χ4n) is 3.78. The third-order valence-corrected chi connectivity index (χ3v) is 6.42. The summed E-state index contributed by atoms with van der Waals surface area (Å²) in [6, 6.07) is 2.69. The molecule has 6 nitrogen and oxygen atoms in total. The first-order valence-corrected chi connectivity index (χ1v) is 10.0. The van der Waals surface area contributed by atoms with E-state index in [-0.39, 0.29) is 0 Å². The van der Waals surface area contributed by atoms with Gasteiger partial charge < -0.3 is 14.8 Å². The molecule has 2 aromatic rings. The number of nitrogens with one attached hydrogen (secondary N) is 1. The molecule has 4 heterocycles. The van der Waals surface area contributed by atoms with E-state index in [1.807, 2.05) is 0 Å². The number of rotatable bonds is 6. The quantitative estimate of drug-likeness (QED) is 0.852. The SMILES string of the molecule is CCc1cc2c(NCC(C3CCOC3)N3CCOCC3)ncnc2s1. The van der Waals surface area contributed by atoms with Crippen molar-refractivity contribution in [2.45, 2.75) is 25.8 Å². The van der Waals surface area contributed by atoms with Crippen molar-refractivity contribution >= 4 is 27.4 Å². The number of aryl methyl sites for hydroxylation is 1. The number of thiophene rings is 1. The number of anilines is 1. The number of aromatic nitrogens is 2. The molecule has 2 aliphatic rings. The van der Waals surface area contributed by atoms with Crippen LogP contribution in [0.25, 0.3) is 10.2 Å². The molecule has 2 atom stereocenters. The zero-order valence-electron chi connectivity index (χ0n) is 14.7. The van der Waals surface area contributed by atoms with Gasteiger partial charge in [0.25, 0.3) is 0 Å². The summed E-state index contributed by atoms with van der Waals surface area (Å²) in [7, 11) is 0. The Kier molecular flexibility index (Phi) is 5.45. The smallest absolute Gasteiger partial charge is 0.138 e. The van der Waals surface area contributed by atoms with Crippen LogP contribution < -0.4 is 5.32 Å². The standard InChI is InChI=1S/C18H26N4O2S/c1-2-14-9-15-17(20-12-21-18(15)25-14)19-10-16(13-3-6-24-11-13)22-4-7-23-8-5-22/h9,12-13,16H,2-8,10-11H2,1H3,(H,19,20,21). The predicted octanol–water partition coefficient (Wildman–Crippen LogP) is 2.40. The summed E-state index contributed by atoms with van der Waals surface area (Å²) in [5.74, 6) is 1.54. The summed E-state index contributed by atoms with van der Waals surface area (Å²) in [4.78, 5) is 13.9. The van der Waals surface area contributed by atoms with Gasteiger partial charge in [-0.2, -0.15) is 0 Å². The molecule has 4 rings (SSSR count). The van der Waals surface area contributed by atoms with E-state index in [1.54, 1.807) is 17.7 Å². The second-order valence-corrected chi connectivity index (χ2v) is 7.84. The first-order chi connectivity index (χ1) is 12.3. The molecule has 0 bridgehead atoms. The maximum Gasteiger partial charge on any atom is 0.138 e. The van der Waals surface area contributed by atoms with Crippen LogP contribution in [0.2, 0.25) is 0 Å². The van der Waals surface area contributed by atoms with Crippen molar-refractivity contribution in [1.29, 1.82) is 0 Å². The molecule has 0 saturated carbocycles. The van der Waals surface area contributed by atoms with E-state index in [4.69, 9.17) is 9.47 Å². The van der Waals surface area contributed by atoms with E-state index in [0.29, 0.717) is 12.0 Å². The van der Waals surface area contributed by atoms with Gasteiger partial charge in [-0.1, -0.05) is 6.92 Å². The van der Waals surface area contributed by atoms with Crippen LogP contribution in [0.3, 0.4) is 0 Å². The van der Waals surface area contributed by atoms with Crippen LogP contribution >= 0.6 is 11.3 Å². The van der Waals surface area contributed by atoms with Crippen molar-refractivity contribution in [2.75, 3.05) is 51.4 Å². The number of ether oxygens (including phenoxy) is 2. The Morgan fingerprint density at radius 2 is 2.16 bits per heavy atom. The van der Waals surface area contributed by atoms with Gasteiger partial charge in [0, 0.05) is 43.1 Å². The fraction of sp³-hybridized carbons (Fsp3) is 0.667. The van der Waals surface area contributed by atoms with Gasteiger partial charge in [-0.05, 0) is 18.9 Å². The molecule has 25 heavy (non-hydrogen) atoms. The predicted molar refractivity (Wildman–Crippen MR) is 100 cm³/mol. The topological polar surface area (TPSA) is 59.5 Å². The average Bonchev–Trinajstić information content (AvgIpc) is 3.32. The summed E-state index contributed by atoms with van der Waals surface area (Å²) >= 11 is 1.76. The van der Waals surface area contributed by atoms with Gasteiger partial charge >= 0.3 is 0 Å². The second-order valence-electron chi connectivity index (χ2n) is 6.73. The molecule has 0 amide bonds. The summed E-state index contributed by atoms with van der Waals surface area (Å²) in [5.41, 5.74) is 0. The molecular weight excluding hydrogens is 336 g/mol. The molecule has 7 heteroatoms. The lowest BCUT2D eigenvalue weighted by atomic mass is 9.97. The summed E-state index contributed by atoms with van der Waals surface area (Å²) < 4.78 is 11.2. The third-order valence-electron chi connectivity index (χ3n) is 5.23. The zero-order valence-corrected chi connectivity index (χ0v) is 15.6. The van der Waals surface area contributed by atoms with Crippen molar-refractivity contribution in [3.8, 4) is 0 Å². The van der Waals surface area contributed by atoms with E-state index >= 15 is 0 Å². The van der Waals surface area contributed by atoms with Crippen LogP contribution in [0.15, 0.2) is 12.4 Å². The van der Waals surface area contributed by atoms with Crippen LogP contribution in [0.1, 0.15) is 18.2 Å². The Morgan fingerprint density at radius 3 is 2.92 bits per heavy atom. The molecule has 0 spiro atoms. The highest BCUT2D eigenvalue weighted by Gasteiger charge is 2.31. The van der Waals surface area contributed by atoms with Gasteiger partial charge in [0.1, 0.15) is 17.0 Å². The van der Waals surface area contributed by atoms with Crippen LogP contribution in [-0.4, -0.2) is 67.0 Å². The minimum absolute atomic E-state index is 0.459. The van der Waals surface area contributed by atoms with Crippen molar-refractivity contribution in [2.24, 2.45) is 5.92 Å². The lowest BCUT2D eigenvalue weighted by Crippen LogP contribution is -2.50. The van der Waals surface area contributed by atoms with Gasteiger partial charge in [-0.25, -0.2) is 9.97 Å². The normalized spacial score (nSPS) is 23.2. The van der Waals surface area contributed by atoms with Gasteiger partial charge in [0.2, 0.25) is 0 Å². The number of hydrogen-bond donors (Lipinski definition) is 1. The molecule has 2 saturated heterocycles. The van der Waals surface area contributed by atoms with Gasteiger partial charge in [-0.15, -0.1) is 11.3 Å². The highest BCUT2D eigenvalue weighted by Crippen LogP contribution is 2.29. The Labute approximate surface area is 152 Å². The van der Waals surface area contributed by atoms with Crippen molar-refractivity contribution in [3.63, 3.8) is 0 Å². The van der Waals surface area contributed by atoms with Crippen LogP contribution in [0.4, 0.5) is 5.82 Å². The number of morpholine rings is 1. The summed E-state index contributed by atoms with van der Waals surface area (Å²) in [5, 5.41) is 4.76. The molecule has 136 valence electrons. The second kappa shape index (κ2) is 7.95. The van der Waals surface area contributed by atoms with E-state index < -0.39 is 0 Å². The molecule has 2 unspecified atom stereocenters. The molecule has 1 N–H and O–H groups in total. The summed E-state index contributed by atoms with van der Waals surface area (Å²) in [6.07, 6.45) is 3.85. The van der Waals surface area contributed by atoms with Gasteiger partial charge in [0.15, 0.2) is 0 Å². The zero-order chi connectivity index (χ0) is 17.1. The Balaban J connectivity index is 1.51. The van der Waals surface area contributed by atoms with Gasteiger partial charge in [-0.3, -0.25) is 4.90 Å². The highest BCUT2D eigenvalue weighted by atomic mass is 32.1. The number of hydrogen-bond acceptors (Lipinski definition) is 7. The Hall–Kier alpha value is -1.28. The van der Waals surface area contributed by atoms with Crippen molar-refractivity contribution in [1.82, 2.24) is 14.9 Å². The average molecular weight is 362 g/mol. The minimum atomic E-state index is 0.459. The van der Waals surface area contributed by atoms with E-state index in [1.165, 1.54) is 4.88 Å². The first-order valence-electron chi connectivity index (χ1n) is 9.22. The molecule has 0 aromatic carbocycles. The lowest BCUT2D eigenvalue weighted by Gasteiger charge is -2.37. The molecular formula is C18H26N4O2S. The van der Waals surface area contributed by atoms with Crippen molar-refractivity contribution < 1.29 is 9.47 Å². The van der Waals surface area contributed by atoms with Crippen LogP contribution in [-0.2, 0) is 15.9 Å². The molecule has 2 aliphatic heterocycles. The van der Waals surface area contributed by atoms with Gasteiger partial charge in [0.05, 0.1) is 25.2 Å². The maximum atomic E-state index is 5.66. The van der Waals surface area contributed by atoms with Crippen LogP contribution in [0, 0.1) is 5.92 Å². The van der Waals surface area contributed by atoms with Crippen molar-refractivity contribution in [3.05, 3.63) is 17.3 Å². The summed E-state index contributed by atoms with van der Waals surface area (Å²) in [6.45, 7) is 8.46.